The largest absolute Gasteiger partial charge is 0.480 e. The van der Waals surface area contributed by atoms with E-state index in [0.717, 1.165) is 5.56 Å². The molecule has 0 aliphatic rings. The molecule has 1 aromatic heterocycles. The van der Waals surface area contributed by atoms with E-state index < -0.39 is 11.4 Å². The van der Waals surface area contributed by atoms with Crippen LogP contribution >= 0.6 is 11.6 Å². The highest BCUT2D eigenvalue weighted by molar-refractivity contribution is 6.35. The fourth-order valence-electron chi connectivity index (χ4n) is 3.42. The Bertz CT molecular complexity index is 1220. The number of benzene rings is 2. The molecular weight excluding hydrogens is 376 g/mol. The van der Waals surface area contributed by atoms with Crippen molar-refractivity contribution in [1.82, 2.24) is 4.57 Å². The van der Waals surface area contributed by atoms with Gasteiger partial charge in [0.1, 0.15) is 6.54 Å². The summed E-state index contributed by atoms with van der Waals surface area (Å²) < 4.78 is 1.63. The van der Waals surface area contributed by atoms with Crippen LogP contribution in [-0.4, -0.2) is 29.7 Å². The van der Waals surface area contributed by atoms with Gasteiger partial charge in [-0.25, -0.2) is 0 Å². The van der Waals surface area contributed by atoms with Crippen LogP contribution in [0.3, 0.4) is 0 Å². The van der Waals surface area contributed by atoms with Crippen molar-refractivity contribution in [1.29, 1.82) is 0 Å². The predicted octanol–water partition coefficient (Wildman–Crippen LogP) is 3.87. The molecule has 6 heteroatoms. The summed E-state index contributed by atoms with van der Waals surface area (Å²) in [5, 5.41) is 10.9. The van der Waals surface area contributed by atoms with Gasteiger partial charge in [-0.2, -0.15) is 0 Å². The van der Waals surface area contributed by atoms with Gasteiger partial charge in [-0.1, -0.05) is 23.6 Å². The van der Waals surface area contributed by atoms with Crippen LogP contribution in [0.5, 0.6) is 0 Å². The molecule has 0 atom stereocenters. The van der Waals surface area contributed by atoms with E-state index in [1.807, 2.05) is 19.9 Å². The topological polar surface area (TPSA) is 62.5 Å². The average molecular weight is 397 g/mol. The van der Waals surface area contributed by atoms with Crippen molar-refractivity contribution >= 4 is 45.1 Å². The molecule has 0 unspecified atom stereocenters. The fraction of sp³-hybridized carbons (Fsp3) is 0.273. The molecule has 144 valence electrons. The van der Waals surface area contributed by atoms with Gasteiger partial charge in [-0.05, 0) is 43.7 Å². The summed E-state index contributed by atoms with van der Waals surface area (Å²) in [6.07, 6.45) is 5.67. The SMILES string of the molecule is C#CC(C)(C)c1ccc2c(=O)c3ccc(Cl)c(N(C)C)c3n(CC(=O)O)c2c1. The Labute approximate surface area is 168 Å². The number of carboxylic acid groups (broad SMARTS) is 1. The molecular formula is C22H21ClN2O3. The number of aliphatic carboxylic acids is 1. The molecule has 0 saturated heterocycles. The van der Waals surface area contributed by atoms with E-state index in [0.29, 0.717) is 32.5 Å². The maximum atomic E-state index is 13.2. The highest BCUT2D eigenvalue weighted by Gasteiger charge is 2.22. The predicted molar refractivity (Wildman–Crippen MR) is 115 cm³/mol. The van der Waals surface area contributed by atoms with Crippen LogP contribution in [0.15, 0.2) is 35.1 Å². The number of carboxylic acids is 1. The molecule has 0 spiro atoms. The lowest BCUT2D eigenvalue weighted by molar-refractivity contribution is -0.137. The van der Waals surface area contributed by atoms with E-state index in [2.05, 4.69) is 5.92 Å². The van der Waals surface area contributed by atoms with E-state index >= 15 is 0 Å². The molecule has 1 heterocycles. The molecule has 0 radical (unpaired) electrons. The zero-order valence-electron chi connectivity index (χ0n) is 16.2. The molecule has 3 rings (SSSR count). The first kappa shape index (κ1) is 19.8. The average Bonchev–Trinajstić information content (AvgIpc) is 2.63. The number of terminal acetylenes is 1. The molecule has 2 aromatic carbocycles. The third kappa shape index (κ3) is 3.10. The highest BCUT2D eigenvalue weighted by Crippen LogP contribution is 2.35. The smallest absolute Gasteiger partial charge is 0.323 e. The number of hydrogen-bond acceptors (Lipinski definition) is 3. The van der Waals surface area contributed by atoms with Gasteiger partial charge in [-0.15, -0.1) is 6.42 Å². The lowest BCUT2D eigenvalue weighted by Crippen LogP contribution is -2.21. The van der Waals surface area contributed by atoms with Gasteiger partial charge in [-0.3, -0.25) is 9.59 Å². The third-order valence-electron chi connectivity index (χ3n) is 4.97. The second-order valence-corrected chi connectivity index (χ2v) is 7.90. The molecule has 0 aliphatic heterocycles. The first-order chi connectivity index (χ1) is 13.1. The lowest BCUT2D eigenvalue weighted by Gasteiger charge is -2.23. The van der Waals surface area contributed by atoms with Crippen molar-refractivity contribution in [2.24, 2.45) is 0 Å². The summed E-state index contributed by atoms with van der Waals surface area (Å²) in [7, 11) is 3.61. The Hall–Kier alpha value is -2.97. The fourth-order valence-corrected chi connectivity index (χ4v) is 3.74. The quantitative estimate of drug-likeness (QED) is 0.537. The Morgan fingerprint density at radius 3 is 2.46 bits per heavy atom. The molecule has 3 aromatic rings. The highest BCUT2D eigenvalue weighted by atomic mass is 35.5. The summed E-state index contributed by atoms with van der Waals surface area (Å²) in [4.78, 5) is 26.6. The van der Waals surface area contributed by atoms with E-state index in [4.69, 9.17) is 18.0 Å². The standard InChI is InChI=1S/C22H21ClN2O3/c1-6-22(2,3)13-7-8-14-17(11-13)25(12-18(26)27)19-15(21(14)28)9-10-16(23)20(19)24(4)5/h1,7-11H,12H2,2-5H3,(H,26,27). The monoisotopic (exact) mass is 396 g/mol. The number of nitrogens with zero attached hydrogens (tertiary/aromatic N) is 2. The minimum Gasteiger partial charge on any atom is -0.480 e. The Morgan fingerprint density at radius 1 is 1.25 bits per heavy atom. The van der Waals surface area contributed by atoms with Crippen LogP contribution in [0.25, 0.3) is 21.8 Å². The zero-order chi connectivity index (χ0) is 20.8. The van der Waals surface area contributed by atoms with Crippen LogP contribution in [0, 0.1) is 12.3 Å². The normalized spacial score (nSPS) is 11.6. The number of fused-ring (bicyclic) bond motifs is 2. The van der Waals surface area contributed by atoms with Gasteiger partial charge in [0.15, 0.2) is 5.43 Å². The summed E-state index contributed by atoms with van der Waals surface area (Å²) >= 11 is 6.41. The maximum absolute atomic E-state index is 13.2. The van der Waals surface area contributed by atoms with E-state index in [9.17, 15) is 14.7 Å². The number of anilines is 1. The molecule has 0 bridgehead atoms. The van der Waals surface area contributed by atoms with Gasteiger partial charge >= 0.3 is 5.97 Å². The summed E-state index contributed by atoms with van der Waals surface area (Å²) in [6, 6.07) is 8.65. The zero-order valence-corrected chi connectivity index (χ0v) is 17.0. The van der Waals surface area contributed by atoms with Gasteiger partial charge in [0, 0.05) is 24.9 Å². The van der Waals surface area contributed by atoms with Crippen LogP contribution < -0.4 is 10.3 Å². The minimum absolute atomic E-state index is 0.170. The van der Waals surface area contributed by atoms with Gasteiger partial charge in [0.25, 0.3) is 0 Å². The van der Waals surface area contributed by atoms with Gasteiger partial charge in [0.05, 0.1) is 27.2 Å². The van der Waals surface area contributed by atoms with Crippen LogP contribution in [-0.2, 0) is 16.8 Å². The number of halogens is 1. The van der Waals surface area contributed by atoms with Crippen LogP contribution in [0.2, 0.25) is 5.02 Å². The minimum atomic E-state index is -1.02. The Morgan fingerprint density at radius 2 is 1.89 bits per heavy atom. The van der Waals surface area contributed by atoms with E-state index in [-0.39, 0.29) is 12.0 Å². The summed E-state index contributed by atoms with van der Waals surface area (Å²) in [5.74, 6) is 1.72. The van der Waals surface area contributed by atoms with Crippen LogP contribution in [0.4, 0.5) is 5.69 Å². The number of carbonyl (C=O) groups is 1. The first-order valence-corrected chi connectivity index (χ1v) is 9.12. The van der Waals surface area contributed by atoms with Crippen molar-refractivity contribution in [2.45, 2.75) is 25.8 Å². The Kier molecular flexibility index (Phi) is 4.86. The molecule has 0 aliphatic carbocycles. The molecule has 1 N–H and O–H groups in total. The Balaban J connectivity index is 2.61. The third-order valence-corrected chi connectivity index (χ3v) is 5.28. The number of aromatic nitrogens is 1. The number of hydrogen-bond donors (Lipinski definition) is 1. The maximum Gasteiger partial charge on any atom is 0.323 e. The molecule has 0 saturated carbocycles. The molecule has 5 nitrogen and oxygen atoms in total. The van der Waals surface area contributed by atoms with E-state index in [1.165, 1.54) is 0 Å². The first-order valence-electron chi connectivity index (χ1n) is 8.74. The summed E-state index contributed by atoms with van der Waals surface area (Å²) in [5.41, 5.74) is 1.71. The van der Waals surface area contributed by atoms with Gasteiger partial charge in [0.2, 0.25) is 0 Å². The van der Waals surface area contributed by atoms with Gasteiger partial charge < -0.3 is 14.6 Å². The second-order valence-electron chi connectivity index (χ2n) is 7.50. The van der Waals surface area contributed by atoms with Crippen molar-refractivity contribution in [3.8, 4) is 12.3 Å². The lowest BCUT2D eigenvalue weighted by atomic mass is 9.85. The van der Waals surface area contributed by atoms with E-state index in [1.54, 1.807) is 47.8 Å². The van der Waals surface area contributed by atoms with Crippen molar-refractivity contribution < 1.29 is 9.90 Å². The molecule has 0 fully saturated rings. The van der Waals surface area contributed by atoms with Crippen molar-refractivity contribution in [3.05, 3.63) is 51.1 Å². The molecule has 28 heavy (non-hydrogen) atoms. The number of pyridine rings is 1. The second kappa shape index (κ2) is 6.88. The van der Waals surface area contributed by atoms with Crippen molar-refractivity contribution in [3.63, 3.8) is 0 Å². The molecule has 0 amide bonds. The van der Waals surface area contributed by atoms with Crippen molar-refractivity contribution in [2.75, 3.05) is 19.0 Å². The summed E-state index contributed by atoms with van der Waals surface area (Å²) in [6.45, 7) is 3.49. The van der Waals surface area contributed by atoms with Crippen LogP contribution in [0.1, 0.15) is 19.4 Å². The number of rotatable bonds is 4.